The van der Waals surface area contributed by atoms with Gasteiger partial charge < -0.3 is 10.1 Å². The molecule has 0 aliphatic heterocycles. The van der Waals surface area contributed by atoms with Crippen LogP contribution >= 0.6 is 23.1 Å². The lowest BCUT2D eigenvalue weighted by Gasteiger charge is -2.07. The van der Waals surface area contributed by atoms with E-state index in [1.165, 1.54) is 12.1 Å². The highest BCUT2D eigenvalue weighted by molar-refractivity contribution is 7.10. The molecule has 2 aromatic rings. The summed E-state index contributed by atoms with van der Waals surface area (Å²) in [7, 11) is 0. The Hall–Kier alpha value is -1.66. The zero-order chi connectivity index (χ0) is 14.7. The number of hydrogen-bond acceptors (Lipinski definition) is 5. The number of benzene rings is 1. The number of esters is 1. The smallest absolute Gasteiger partial charge is 0.343 e. The van der Waals surface area contributed by atoms with Gasteiger partial charge in [0.2, 0.25) is 0 Å². The molecule has 0 saturated heterocycles. The number of halogens is 2. The summed E-state index contributed by atoms with van der Waals surface area (Å²) in [5.74, 6) is -0.980. The number of rotatable bonds is 4. The molecule has 20 heavy (non-hydrogen) atoms. The van der Waals surface area contributed by atoms with E-state index >= 15 is 0 Å². The van der Waals surface area contributed by atoms with Crippen LogP contribution in [0.1, 0.15) is 23.0 Å². The summed E-state index contributed by atoms with van der Waals surface area (Å²) in [5, 5.41) is 3.52. The van der Waals surface area contributed by atoms with E-state index in [0.717, 1.165) is 11.5 Å². The fourth-order valence-corrected chi connectivity index (χ4v) is 2.53. The Bertz CT molecular complexity index is 645. The highest BCUT2D eigenvalue weighted by atomic mass is 35.5. The van der Waals surface area contributed by atoms with Gasteiger partial charge in [-0.2, -0.15) is 4.37 Å². The van der Waals surface area contributed by atoms with Crippen LogP contribution in [0.4, 0.5) is 15.1 Å². The number of nitrogens with zero attached hydrogens (tertiary/aromatic N) is 1. The first kappa shape index (κ1) is 14.7. The maximum absolute atomic E-state index is 13.4. The molecule has 7 heteroatoms. The second-order valence-corrected chi connectivity index (χ2v) is 5.13. The molecule has 0 aliphatic carbocycles. The van der Waals surface area contributed by atoms with E-state index in [-0.39, 0.29) is 11.6 Å². The first-order valence-electron chi connectivity index (χ1n) is 5.88. The van der Waals surface area contributed by atoms with Gasteiger partial charge in [-0.25, -0.2) is 9.18 Å². The van der Waals surface area contributed by atoms with Crippen molar-refractivity contribution in [2.24, 2.45) is 0 Å². The summed E-state index contributed by atoms with van der Waals surface area (Å²) < 4.78 is 22.5. The topological polar surface area (TPSA) is 51.2 Å². The molecule has 106 valence electrons. The van der Waals surface area contributed by atoms with E-state index in [0.29, 0.717) is 21.9 Å². The number of aromatic nitrogens is 1. The summed E-state index contributed by atoms with van der Waals surface area (Å²) in [5.41, 5.74) is 1.43. The van der Waals surface area contributed by atoms with Gasteiger partial charge in [-0.3, -0.25) is 0 Å². The lowest BCUT2D eigenvalue weighted by molar-refractivity contribution is 0.0527. The Balaban J connectivity index is 2.29. The van der Waals surface area contributed by atoms with Gasteiger partial charge in [-0.15, -0.1) is 0 Å². The van der Waals surface area contributed by atoms with Gasteiger partial charge >= 0.3 is 5.97 Å². The van der Waals surface area contributed by atoms with Gasteiger partial charge in [0.05, 0.1) is 17.3 Å². The van der Waals surface area contributed by atoms with Crippen molar-refractivity contribution < 1.29 is 13.9 Å². The predicted octanol–water partition coefficient (Wildman–Crippen LogP) is 4.16. The van der Waals surface area contributed by atoms with Crippen molar-refractivity contribution in [2.75, 3.05) is 11.9 Å². The second kappa shape index (κ2) is 6.19. The minimum Gasteiger partial charge on any atom is -0.462 e. The van der Waals surface area contributed by atoms with Gasteiger partial charge in [0.15, 0.2) is 0 Å². The van der Waals surface area contributed by atoms with Crippen molar-refractivity contribution in [1.29, 1.82) is 0 Å². The second-order valence-electron chi connectivity index (χ2n) is 3.95. The minimum atomic E-state index is -0.532. The normalized spacial score (nSPS) is 10.4. The Morgan fingerprint density at radius 2 is 2.30 bits per heavy atom. The number of anilines is 2. The Kier molecular flexibility index (Phi) is 4.57. The van der Waals surface area contributed by atoms with E-state index in [2.05, 4.69) is 9.69 Å². The number of ether oxygens (including phenoxy) is 1. The quantitative estimate of drug-likeness (QED) is 0.861. The monoisotopic (exact) mass is 314 g/mol. The van der Waals surface area contributed by atoms with E-state index in [1.54, 1.807) is 19.9 Å². The Labute approximate surface area is 124 Å². The molecule has 4 nitrogen and oxygen atoms in total. The molecule has 1 aromatic carbocycles. The third-order valence-corrected chi connectivity index (χ3v) is 3.68. The fraction of sp³-hybridized carbons (Fsp3) is 0.231. The van der Waals surface area contributed by atoms with E-state index < -0.39 is 11.8 Å². The maximum Gasteiger partial charge on any atom is 0.343 e. The highest BCUT2D eigenvalue weighted by Crippen LogP contribution is 2.29. The molecule has 0 spiro atoms. The molecular formula is C13H12ClFN2O2S. The van der Waals surface area contributed by atoms with E-state index in [9.17, 15) is 9.18 Å². The zero-order valence-corrected chi connectivity index (χ0v) is 12.4. The number of carbonyl (C=O) groups excluding carboxylic acids is 1. The standard InChI is InChI=1S/C13H12ClFN2O2S/c1-3-19-13(18)11-7(2)17-20-12(11)16-8-4-5-9(14)10(15)6-8/h4-6,16H,3H2,1-2H3. The highest BCUT2D eigenvalue weighted by Gasteiger charge is 2.19. The van der Waals surface area contributed by atoms with Gasteiger partial charge in [0, 0.05) is 5.69 Å². The average Bonchev–Trinajstić information content (AvgIpc) is 2.75. The average molecular weight is 315 g/mol. The van der Waals surface area contributed by atoms with Crippen LogP contribution in [0.15, 0.2) is 18.2 Å². The van der Waals surface area contributed by atoms with Crippen LogP contribution in [0.5, 0.6) is 0 Å². The molecule has 0 radical (unpaired) electrons. The predicted molar refractivity (Wildman–Crippen MR) is 77.5 cm³/mol. The van der Waals surface area contributed by atoms with Gasteiger partial charge in [-0.1, -0.05) is 11.6 Å². The van der Waals surface area contributed by atoms with Crippen molar-refractivity contribution in [1.82, 2.24) is 4.37 Å². The first-order valence-corrected chi connectivity index (χ1v) is 7.03. The lowest BCUT2D eigenvalue weighted by atomic mass is 10.2. The molecular weight excluding hydrogens is 303 g/mol. The summed E-state index contributed by atoms with van der Waals surface area (Å²) >= 11 is 6.74. The summed E-state index contributed by atoms with van der Waals surface area (Å²) in [4.78, 5) is 11.9. The molecule has 0 unspecified atom stereocenters. The van der Waals surface area contributed by atoms with Crippen LogP contribution in [0.25, 0.3) is 0 Å². The number of nitrogens with one attached hydrogen (secondary N) is 1. The van der Waals surface area contributed by atoms with Crippen LogP contribution in [0.3, 0.4) is 0 Å². The largest absolute Gasteiger partial charge is 0.462 e. The van der Waals surface area contributed by atoms with Gasteiger partial charge in [-0.05, 0) is 43.6 Å². The van der Waals surface area contributed by atoms with Crippen LogP contribution in [0, 0.1) is 12.7 Å². The SMILES string of the molecule is CCOC(=O)c1c(C)nsc1Nc1ccc(Cl)c(F)c1. The summed E-state index contributed by atoms with van der Waals surface area (Å²) in [6.45, 7) is 3.73. The van der Waals surface area contributed by atoms with Crippen LogP contribution < -0.4 is 5.32 Å². The van der Waals surface area contributed by atoms with Crippen molar-refractivity contribution in [3.05, 3.63) is 40.3 Å². The van der Waals surface area contributed by atoms with Crippen LogP contribution in [-0.4, -0.2) is 16.9 Å². The summed E-state index contributed by atoms with van der Waals surface area (Å²) in [6, 6.07) is 4.32. The molecule has 0 bridgehead atoms. The molecule has 0 saturated carbocycles. The van der Waals surface area contributed by atoms with Gasteiger partial charge in [0.25, 0.3) is 0 Å². The van der Waals surface area contributed by atoms with E-state index in [1.807, 2.05) is 0 Å². The first-order chi connectivity index (χ1) is 9.52. The molecule has 0 amide bonds. The van der Waals surface area contributed by atoms with E-state index in [4.69, 9.17) is 16.3 Å². The molecule has 0 aliphatic rings. The van der Waals surface area contributed by atoms with Crippen LogP contribution in [-0.2, 0) is 4.74 Å². The van der Waals surface area contributed by atoms with Crippen molar-refractivity contribution in [3.63, 3.8) is 0 Å². The van der Waals surface area contributed by atoms with Gasteiger partial charge in [0.1, 0.15) is 16.4 Å². The number of aryl methyl sites for hydroxylation is 1. The zero-order valence-electron chi connectivity index (χ0n) is 10.9. The number of carbonyl (C=O) groups is 1. The van der Waals surface area contributed by atoms with Crippen molar-refractivity contribution >= 4 is 39.8 Å². The van der Waals surface area contributed by atoms with Crippen molar-refractivity contribution in [3.8, 4) is 0 Å². The maximum atomic E-state index is 13.4. The molecule has 1 aromatic heterocycles. The van der Waals surface area contributed by atoms with Crippen molar-refractivity contribution in [2.45, 2.75) is 13.8 Å². The Morgan fingerprint density at radius 3 is 2.95 bits per heavy atom. The minimum absolute atomic E-state index is 0.0432. The molecule has 2 rings (SSSR count). The third-order valence-electron chi connectivity index (χ3n) is 2.52. The fourth-order valence-electron chi connectivity index (χ4n) is 1.60. The Morgan fingerprint density at radius 1 is 1.55 bits per heavy atom. The third kappa shape index (κ3) is 3.08. The molecule has 1 heterocycles. The number of hydrogen-bond donors (Lipinski definition) is 1. The lowest BCUT2D eigenvalue weighted by Crippen LogP contribution is -2.07. The molecule has 0 atom stereocenters. The summed E-state index contributed by atoms with van der Waals surface area (Å²) in [6.07, 6.45) is 0. The molecule has 1 N–H and O–H groups in total. The molecule has 0 fully saturated rings. The van der Waals surface area contributed by atoms with Crippen LogP contribution in [0.2, 0.25) is 5.02 Å².